The van der Waals surface area contributed by atoms with E-state index in [1.165, 1.54) is 35.7 Å². The van der Waals surface area contributed by atoms with Gasteiger partial charge in [-0.2, -0.15) is 13.2 Å². The molecule has 118 valence electrons. The van der Waals surface area contributed by atoms with Gasteiger partial charge in [-0.05, 0) is 24.3 Å². The van der Waals surface area contributed by atoms with Gasteiger partial charge in [-0.15, -0.1) is 11.3 Å². The first-order valence-electron chi connectivity index (χ1n) is 6.42. The van der Waals surface area contributed by atoms with Crippen molar-refractivity contribution in [2.75, 3.05) is 5.32 Å². The summed E-state index contributed by atoms with van der Waals surface area (Å²) < 4.78 is 51.2. The molecule has 0 radical (unpaired) electrons. The van der Waals surface area contributed by atoms with Crippen LogP contribution in [0.3, 0.4) is 0 Å². The van der Waals surface area contributed by atoms with Gasteiger partial charge in [-0.25, -0.2) is 9.37 Å². The summed E-state index contributed by atoms with van der Waals surface area (Å²) in [6.07, 6.45) is -1.86. The smallest absolute Gasteiger partial charge is 0.332 e. The molecular formula is C15H9F4N3S. The molecule has 0 atom stereocenters. The Bertz CT molecular complexity index is 829. The maximum absolute atomic E-state index is 13.2. The fourth-order valence-corrected chi connectivity index (χ4v) is 2.65. The molecular weight excluding hydrogens is 330 g/mol. The molecule has 0 saturated carbocycles. The highest BCUT2D eigenvalue weighted by molar-refractivity contribution is 7.14. The Morgan fingerprint density at radius 2 is 1.91 bits per heavy atom. The standard InChI is InChI=1S/C15H9F4N3S/c16-11-4-9(6-20-7-11)13-8-23-14(22-13)21-12-3-1-2-10(5-12)15(17,18)19/h1-8H,(H,21,22). The van der Waals surface area contributed by atoms with Crippen LogP contribution in [0.1, 0.15) is 5.56 Å². The molecule has 1 N–H and O–H groups in total. The molecule has 0 spiro atoms. The molecule has 0 saturated heterocycles. The molecule has 3 nitrogen and oxygen atoms in total. The molecule has 0 unspecified atom stereocenters. The minimum Gasteiger partial charge on any atom is -0.332 e. The summed E-state index contributed by atoms with van der Waals surface area (Å²) in [6, 6.07) is 6.12. The van der Waals surface area contributed by atoms with Crippen molar-refractivity contribution >= 4 is 22.2 Å². The number of nitrogens with one attached hydrogen (secondary N) is 1. The van der Waals surface area contributed by atoms with Gasteiger partial charge in [0.05, 0.1) is 17.5 Å². The number of rotatable bonds is 3. The second-order valence-electron chi connectivity index (χ2n) is 4.63. The third-order valence-electron chi connectivity index (χ3n) is 2.95. The number of pyridine rings is 1. The number of aromatic nitrogens is 2. The Kier molecular flexibility index (Phi) is 3.99. The van der Waals surface area contributed by atoms with E-state index < -0.39 is 17.6 Å². The first-order valence-corrected chi connectivity index (χ1v) is 7.30. The summed E-state index contributed by atoms with van der Waals surface area (Å²) in [5, 5.41) is 4.89. The van der Waals surface area contributed by atoms with Gasteiger partial charge in [0, 0.05) is 22.8 Å². The Balaban J connectivity index is 1.82. The lowest BCUT2D eigenvalue weighted by Crippen LogP contribution is -2.05. The largest absolute Gasteiger partial charge is 0.416 e. The first kappa shape index (κ1) is 15.4. The van der Waals surface area contributed by atoms with Crippen LogP contribution in [-0.4, -0.2) is 9.97 Å². The fraction of sp³-hybridized carbons (Fsp3) is 0.0667. The van der Waals surface area contributed by atoms with Crippen molar-refractivity contribution < 1.29 is 17.6 Å². The number of alkyl halides is 3. The Morgan fingerprint density at radius 1 is 1.09 bits per heavy atom. The molecule has 0 amide bonds. The van der Waals surface area contributed by atoms with Crippen LogP contribution in [0.5, 0.6) is 0 Å². The molecule has 3 rings (SSSR count). The summed E-state index contributed by atoms with van der Waals surface area (Å²) >= 11 is 1.20. The summed E-state index contributed by atoms with van der Waals surface area (Å²) in [7, 11) is 0. The average molecular weight is 339 g/mol. The number of hydrogen-bond donors (Lipinski definition) is 1. The van der Waals surface area contributed by atoms with E-state index in [4.69, 9.17) is 0 Å². The third-order valence-corrected chi connectivity index (χ3v) is 3.70. The Hall–Kier alpha value is -2.48. The van der Waals surface area contributed by atoms with E-state index in [0.29, 0.717) is 16.4 Å². The summed E-state index contributed by atoms with van der Waals surface area (Å²) in [5.41, 5.74) is 0.529. The number of halogens is 4. The predicted octanol–water partition coefficient (Wildman–Crippen LogP) is 5.11. The SMILES string of the molecule is Fc1cncc(-c2csc(Nc3cccc(C(F)(F)F)c3)n2)c1. The minimum atomic E-state index is -4.40. The van der Waals surface area contributed by atoms with Crippen LogP contribution >= 0.6 is 11.3 Å². The molecule has 0 aliphatic rings. The zero-order chi connectivity index (χ0) is 16.4. The number of hydrogen-bond acceptors (Lipinski definition) is 4. The van der Waals surface area contributed by atoms with Crippen LogP contribution in [0.25, 0.3) is 11.3 Å². The molecule has 23 heavy (non-hydrogen) atoms. The molecule has 8 heteroatoms. The van der Waals surface area contributed by atoms with E-state index in [9.17, 15) is 17.6 Å². The maximum Gasteiger partial charge on any atom is 0.416 e. The van der Waals surface area contributed by atoms with E-state index in [0.717, 1.165) is 18.3 Å². The van der Waals surface area contributed by atoms with Gasteiger partial charge in [0.1, 0.15) is 5.82 Å². The topological polar surface area (TPSA) is 37.8 Å². The van der Waals surface area contributed by atoms with Gasteiger partial charge in [-0.1, -0.05) is 6.07 Å². The van der Waals surface area contributed by atoms with Crippen LogP contribution < -0.4 is 5.32 Å². The van der Waals surface area contributed by atoms with Gasteiger partial charge in [-0.3, -0.25) is 4.98 Å². The molecule has 2 aromatic heterocycles. The first-order chi connectivity index (χ1) is 10.9. The normalized spacial score (nSPS) is 11.5. The average Bonchev–Trinajstić information content (AvgIpc) is 2.95. The van der Waals surface area contributed by atoms with Crippen molar-refractivity contribution in [3.8, 4) is 11.3 Å². The number of thiazole rings is 1. The molecule has 0 aliphatic heterocycles. The zero-order valence-corrected chi connectivity index (χ0v) is 12.2. The number of benzene rings is 1. The second kappa shape index (κ2) is 5.96. The van der Waals surface area contributed by atoms with Gasteiger partial charge in [0.15, 0.2) is 5.13 Å². The second-order valence-corrected chi connectivity index (χ2v) is 5.49. The molecule has 0 fully saturated rings. The minimum absolute atomic E-state index is 0.276. The van der Waals surface area contributed by atoms with Crippen molar-refractivity contribution in [2.24, 2.45) is 0 Å². The van der Waals surface area contributed by atoms with Crippen molar-refractivity contribution in [3.63, 3.8) is 0 Å². The fourth-order valence-electron chi connectivity index (χ4n) is 1.91. The summed E-state index contributed by atoms with van der Waals surface area (Å²) in [4.78, 5) is 7.96. The van der Waals surface area contributed by atoms with E-state index in [-0.39, 0.29) is 5.69 Å². The monoisotopic (exact) mass is 339 g/mol. The van der Waals surface area contributed by atoms with Crippen LogP contribution in [0, 0.1) is 5.82 Å². The van der Waals surface area contributed by atoms with E-state index >= 15 is 0 Å². The summed E-state index contributed by atoms with van der Waals surface area (Å²) in [6.45, 7) is 0. The van der Waals surface area contributed by atoms with Crippen molar-refractivity contribution in [2.45, 2.75) is 6.18 Å². The number of anilines is 2. The van der Waals surface area contributed by atoms with Gasteiger partial charge in [0.25, 0.3) is 0 Å². The van der Waals surface area contributed by atoms with E-state index in [2.05, 4.69) is 15.3 Å². The number of nitrogens with zero attached hydrogens (tertiary/aromatic N) is 2. The highest BCUT2D eigenvalue weighted by Gasteiger charge is 2.30. The molecule has 1 aromatic carbocycles. The molecule has 2 heterocycles. The quantitative estimate of drug-likeness (QED) is 0.674. The van der Waals surface area contributed by atoms with Crippen molar-refractivity contribution in [1.29, 1.82) is 0 Å². The third kappa shape index (κ3) is 3.65. The van der Waals surface area contributed by atoms with Crippen LogP contribution in [-0.2, 0) is 6.18 Å². The van der Waals surface area contributed by atoms with Crippen LogP contribution in [0.2, 0.25) is 0 Å². The van der Waals surface area contributed by atoms with Crippen LogP contribution in [0.4, 0.5) is 28.4 Å². The molecule has 3 aromatic rings. The Morgan fingerprint density at radius 3 is 2.65 bits per heavy atom. The lowest BCUT2D eigenvalue weighted by molar-refractivity contribution is -0.137. The predicted molar refractivity (Wildman–Crippen MR) is 80.0 cm³/mol. The highest BCUT2D eigenvalue weighted by atomic mass is 32.1. The van der Waals surface area contributed by atoms with Crippen molar-refractivity contribution in [3.05, 3.63) is 59.5 Å². The summed E-state index contributed by atoms with van der Waals surface area (Å²) in [5.74, 6) is -0.483. The van der Waals surface area contributed by atoms with Crippen LogP contribution in [0.15, 0.2) is 48.1 Å². The lowest BCUT2D eigenvalue weighted by atomic mass is 10.2. The maximum atomic E-state index is 13.2. The lowest BCUT2D eigenvalue weighted by Gasteiger charge is -2.08. The van der Waals surface area contributed by atoms with Gasteiger partial charge in [0.2, 0.25) is 0 Å². The Labute approximate surface area is 132 Å². The highest BCUT2D eigenvalue weighted by Crippen LogP contribution is 2.32. The zero-order valence-electron chi connectivity index (χ0n) is 11.4. The van der Waals surface area contributed by atoms with Crippen molar-refractivity contribution in [1.82, 2.24) is 9.97 Å². The van der Waals surface area contributed by atoms with Gasteiger partial charge < -0.3 is 5.32 Å². The van der Waals surface area contributed by atoms with E-state index in [1.807, 2.05) is 0 Å². The van der Waals surface area contributed by atoms with Gasteiger partial charge >= 0.3 is 6.18 Å². The molecule has 0 aliphatic carbocycles. The molecule has 0 bridgehead atoms. The van der Waals surface area contributed by atoms with E-state index in [1.54, 1.807) is 5.38 Å².